The van der Waals surface area contributed by atoms with Crippen molar-refractivity contribution >= 4 is 11.9 Å². The Morgan fingerprint density at radius 3 is 2.67 bits per heavy atom. The third-order valence-corrected chi connectivity index (χ3v) is 1.98. The first kappa shape index (κ1) is 13.8. The van der Waals surface area contributed by atoms with Gasteiger partial charge in [-0.1, -0.05) is 12.1 Å². The first-order valence-electron chi connectivity index (χ1n) is 5.36. The average molecular weight is 250 g/mol. The molecule has 0 amide bonds. The van der Waals surface area contributed by atoms with E-state index in [1.165, 1.54) is 13.4 Å². The summed E-state index contributed by atoms with van der Waals surface area (Å²) < 4.78 is 14.5. The van der Waals surface area contributed by atoms with Crippen LogP contribution in [0.5, 0.6) is 5.75 Å². The van der Waals surface area contributed by atoms with E-state index in [0.717, 1.165) is 6.08 Å². The van der Waals surface area contributed by atoms with E-state index >= 15 is 0 Å². The molecule has 0 spiro atoms. The minimum absolute atomic E-state index is 0.286. The van der Waals surface area contributed by atoms with Gasteiger partial charge in [-0.2, -0.15) is 0 Å². The number of hydrogen-bond donors (Lipinski definition) is 0. The predicted octanol–water partition coefficient (Wildman–Crippen LogP) is 1.93. The lowest BCUT2D eigenvalue weighted by Crippen LogP contribution is -2.04. The Morgan fingerprint density at radius 2 is 2.00 bits per heavy atom. The molecule has 0 heterocycles. The number of methoxy groups -OCH3 is 1. The van der Waals surface area contributed by atoms with Gasteiger partial charge in [-0.15, -0.1) is 0 Å². The summed E-state index contributed by atoms with van der Waals surface area (Å²) >= 11 is 0. The van der Waals surface area contributed by atoms with Crippen LogP contribution in [0.2, 0.25) is 0 Å². The van der Waals surface area contributed by atoms with Crippen LogP contribution in [0, 0.1) is 0 Å². The van der Waals surface area contributed by atoms with E-state index in [4.69, 9.17) is 4.74 Å². The van der Waals surface area contributed by atoms with Crippen molar-refractivity contribution in [2.75, 3.05) is 13.7 Å². The van der Waals surface area contributed by atoms with Crippen LogP contribution in [0.15, 0.2) is 36.6 Å². The zero-order chi connectivity index (χ0) is 13.4. The van der Waals surface area contributed by atoms with Gasteiger partial charge in [-0.05, 0) is 19.1 Å². The lowest BCUT2D eigenvalue weighted by Gasteiger charge is -2.05. The molecule has 0 fully saturated rings. The summed E-state index contributed by atoms with van der Waals surface area (Å²) in [4.78, 5) is 22.4. The molecule has 0 atom stereocenters. The van der Waals surface area contributed by atoms with Gasteiger partial charge in [0, 0.05) is 0 Å². The molecule has 0 aromatic heterocycles. The molecular formula is C13H14O5. The summed E-state index contributed by atoms with van der Waals surface area (Å²) in [5.74, 6) is -0.701. The van der Waals surface area contributed by atoms with Crippen molar-refractivity contribution < 1.29 is 23.8 Å². The van der Waals surface area contributed by atoms with Crippen molar-refractivity contribution in [2.45, 2.75) is 6.92 Å². The van der Waals surface area contributed by atoms with Gasteiger partial charge in [0.1, 0.15) is 11.3 Å². The maximum atomic E-state index is 11.4. The molecule has 96 valence electrons. The zero-order valence-electron chi connectivity index (χ0n) is 10.2. The SMILES string of the molecule is CCOC(=O)/C=C\Oc1ccccc1C(=O)OC. The first-order valence-corrected chi connectivity index (χ1v) is 5.36. The highest BCUT2D eigenvalue weighted by atomic mass is 16.5. The van der Waals surface area contributed by atoms with Crippen LogP contribution >= 0.6 is 0 Å². The molecule has 18 heavy (non-hydrogen) atoms. The number of hydrogen-bond acceptors (Lipinski definition) is 5. The number of ether oxygens (including phenoxy) is 3. The molecule has 1 aromatic rings. The molecular weight excluding hydrogens is 236 g/mol. The lowest BCUT2D eigenvalue weighted by molar-refractivity contribution is -0.137. The Hall–Kier alpha value is -2.30. The van der Waals surface area contributed by atoms with Crippen LogP contribution in [0.25, 0.3) is 0 Å². The van der Waals surface area contributed by atoms with Crippen molar-refractivity contribution in [1.29, 1.82) is 0 Å². The fourth-order valence-corrected chi connectivity index (χ4v) is 1.20. The molecule has 0 N–H and O–H groups in total. The monoisotopic (exact) mass is 250 g/mol. The predicted molar refractivity (Wildman–Crippen MR) is 64.2 cm³/mol. The molecule has 0 aliphatic rings. The number of rotatable bonds is 5. The average Bonchev–Trinajstić information content (AvgIpc) is 2.39. The highest BCUT2D eigenvalue weighted by Crippen LogP contribution is 2.18. The largest absolute Gasteiger partial charge is 0.465 e. The molecule has 0 aliphatic carbocycles. The van der Waals surface area contributed by atoms with Crippen LogP contribution in [-0.2, 0) is 14.3 Å². The zero-order valence-corrected chi connectivity index (χ0v) is 10.2. The fourth-order valence-electron chi connectivity index (χ4n) is 1.20. The molecule has 0 unspecified atom stereocenters. The molecule has 0 aliphatic heterocycles. The molecule has 0 bridgehead atoms. The Kier molecular flexibility index (Phi) is 5.44. The topological polar surface area (TPSA) is 61.8 Å². The summed E-state index contributed by atoms with van der Waals surface area (Å²) in [5, 5.41) is 0. The molecule has 5 nitrogen and oxygen atoms in total. The Morgan fingerprint density at radius 1 is 1.28 bits per heavy atom. The molecule has 1 rings (SSSR count). The summed E-state index contributed by atoms with van der Waals surface area (Å²) in [5.41, 5.74) is 0.286. The van der Waals surface area contributed by atoms with Crippen molar-refractivity contribution in [2.24, 2.45) is 0 Å². The minimum Gasteiger partial charge on any atom is -0.465 e. The number of carbonyl (C=O) groups is 2. The molecule has 0 saturated carbocycles. The maximum absolute atomic E-state index is 11.4. The van der Waals surface area contributed by atoms with Crippen LogP contribution in [-0.4, -0.2) is 25.7 Å². The van der Waals surface area contributed by atoms with E-state index in [1.54, 1.807) is 31.2 Å². The second-order valence-corrected chi connectivity index (χ2v) is 3.16. The van der Waals surface area contributed by atoms with E-state index in [1.807, 2.05) is 0 Å². The smallest absolute Gasteiger partial charge is 0.341 e. The van der Waals surface area contributed by atoms with Crippen molar-refractivity contribution in [1.82, 2.24) is 0 Å². The lowest BCUT2D eigenvalue weighted by atomic mass is 10.2. The minimum atomic E-state index is -0.506. The van der Waals surface area contributed by atoms with Gasteiger partial charge in [0.05, 0.1) is 26.1 Å². The third kappa shape index (κ3) is 3.93. The standard InChI is InChI=1S/C13H14O5/c1-3-17-12(14)8-9-18-11-7-5-4-6-10(11)13(15)16-2/h4-9H,3H2,1-2H3/b9-8-. The number of benzene rings is 1. The van der Waals surface area contributed by atoms with Gasteiger partial charge >= 0.3 is 11.9 Å². The van der Waals surface area contributed by atoms with E-state index in [2.05, 4.69) is 9.47 Å². The maximum Gasteiger partial charge on any atom is 0.341 e. The molecule has 0 radical (unpaired) electrons. The van der Waals surface area contributed by atoms with Gasteiger partial charge in [-0.25, -0.2) is 9.59 Å². The fraction of sp³-hybridized carbons (Fsp3) is 0.231. The molecule has 5 heteroatoms. The van der Waals surface area contributed by atoms with E-state index < -0.39 is 11.9 Å². The van der Waals surface area contributed by atoms with Gasteiger partial charge in [0.25, 0.3) is 0 Å². The summed E-state index contributed by atoms with van der Waals surface area (Å²) in [6.45, 7) is 2.00. The highest BCUT2D eigenvalue weighted by Gasteiger charge is 2.11. The Bertz CT molecular complexity index is 450. The Labute approximate surface area is 105 Å². The van der Waals surface area contributed by atoms with Crippen molar-refractivity contribution in [3.05, 3.63) is 42.2 Å². The quantitative estimate of drug-likeness (QED) is 0.454. The summed E-state index contributed by atoms with van der Waals surface area (Å²) in [7, 11) is 1.29. The van der Waals surface area contributed by atoms with Crippen molar-refractivity contribution in [3.8, 4) is 5.75 Å². The Balaban J connectivity index is 2.73. The molecule has 1 aromatic carbocycles. The molecule has 0 saturated heterocycles. The first-order chi connectivity index (χ1) is 8.69. The van der Waals surface area contributed by atoms with Gasteiger partial charge < -0.3 is 14.2 Å². The second kappa shape index (κ2) is 7.11. The normalized spacial score (nSPS) is 10.1. The van der Waals surface area contributed by atoms with E-state index in [0.29, 0.717) is 12.4 Å². The summed E-state index contributed by atoms with van der Waals surface area (Å²) in [6, 6.07) is 6.56. The van der Waals surface area contributed by atoms with Crippen LogP contribution < -0.4 is 4.74 Å². The van der Waals surface area contributed by atoms with Crippen LogP contribution in [0.1, 0.15) is 17.3 Å². The number of para-hydroxylation sites is 1. The van der Waals surface area contributed by atoms with Crippen LogP contribution in [0.4, 0.5) is 0 Å². The highest BCUT2D eigenvalue weighted by molar-refractivity contribution is 5.92. The number of esters is 2. The van der Waals surface area contributed by atoms with Gasteiger partial charge in [0.15, 0.2) is 0 Å². The number of carbonyl (C=O) groups excluding carboxylic acids is 2. The van der Waals surface area contributed by atoms with Gasteiger partial charge in [0.2, 0.25) is 0 Å². The summed E-state index contributed by atoms with van der Waals surface area (Å²) in [6.07, 6.45) is 2.30. The van der Waals surface area contributed by atoms with E-state index in [-0.39, 0.29) is 5.56 Å². The second-order valence-electron chi connectivity index (χ2n) is 3.16. The van der Waals surface area contributed by atoms with Crippen LogP contribution in [0.3, 0.4) is 0 Å². The van der Waals surface area contributed by atoms with Crippen molar-refractivity contribution in [3.63, 3.8) is 0 Å². The van der Waals surface area contributed by atoms with Gasteiger partial charge in [-0.3, -0.25) is 0 Å². The van der Waals surface area contributed by atoms with E-state index in [9.17, 15) is 9.59 Å². The third-order valence-electron chi connectivity index (χ3n) is 1.98.